The zero-order valence-corrected chi connectivity index (χ0v) is 12.1. The molecule has 0 aliphatic rings. The Morgan fingerprint density at radius 3 is 2.50 bits per heavy atom. The molecule has 20 heavy (non-hydrogen) atoms. The zero-order chi connectivity index (χ0) is 15.3. The van der Waals surface area contributed by atoms with E-state index < -0.39 is 17.5 Å². The second-order valence-corrected chi connectivity index (χ2v) is 5.14. The first-order valence-corrected chi connectivity index (χ1v) is 6.18. The number of methoxy groups -OCH3 is 1. The van der Waals surface area contributed by atoms with Crippen molar-refractivity contribution in [1.29, 1.82) is 0 Å². The molecule has 0 spiro atoms. The summed E-state index contributed by atoms with van der Waals surface area (Å²) in [6.07, 6.45) is 0. The fourth-order valence-electron chi connectivity index (χ4n) is 1.55. The van der Waals surface area contributed by atoms with Crippen LogP contribution in [0.3, 0.4) is 0 Å². The standard InChI is InChI=1S/C14H20N2O4/c1-9-7-10(12(18)20-4)5-6-11(9)15-13(19)16-14(2,3)8-17/h5-7,17H,8H2,1-4H3,(H2,15,16,19). The number of benzene rings is 1. The summed E-state index contributed by atoms with van der Waals surface area (Å²) in [5.74, 6) is -0.425. The number of aryl methyl sites for hydroxylation is 1. The predicted molar refractivity (Wildman–Crippen MR) is 75.8 cm³/mol. The Bertz CT molecular complexity index is 512. The van der Waals surface area contributed by atoms with Gasteiger partial charge in [-0.2, -0.15) is 0 Å². The molecule has 0 saturated carbocycles. The number of aliphatic hydroxyl groups excluding tert-OH is 1. The van der Waals surface area contributed by atoms with Crippen LogP contribution in [-0.2, 0) is 4.74 Å². The molecule has 0 unspecified atom stereocenters. The van der Waals surface area contributed by atoms with Crippen LogP contribution < -0.4 is 10.6 Å². The predicted octanol–water partition coefficient (Wildman–Crippen LogP) is 1.67. The number of carbonyl (C=O) groups excluding carboxylic acids is 2. The number of anilines is 1. The van der Waals surface area contributed by atoms with E-state index in [0.717, 1.165) is 5.56 Å². The average Bonchev–Trinajstić information content (AvgIpc) is 2.39. The molecule has 0 aliphatic carbocycles. The molecule has 0 bridgehead atoms. The normalized spacial score (nSPS) is 10.8. The van der Waals surface area contributed by atoms with Gasteiger partial charge in [-0.25, -0.2) is 9.59 Å². The molecule has 3 N–H and O–H groups in total. The molecule has 6 nitrogen and oxygen atoms in total. The highest BCUT2D eigenvalue weighted by Gasteiger charge is 2.19. The van der Waals surface area contributed by atoms with Crippen LogP contribution in [0.2, 0.25) is 0 Å². The van der Waals surface area contributed by atoms with Crippen molar-refractivity contribution < 1.29 is 19.4 Å². The molecule has 0 aliphatic heterocycles. The Labute approximate surface area is 118 Å². The third-order valence-corrected chi connectivity index (χ3v) is 2.74. The molecule has 1 aromatic rings. The van der Waals surface area contributed by atoms with E-state index in [1.54, 1.807) is 39.0 Å². The quantitative estimate of drug-likeness (QED) is 0.732. The number of urea groups is 1. The van der Waals surface area contributed by atoms with Crippen LogP contribution in [0.5, 0.6) is 0 Å². The number of aliphatic hydroxyl groups is 1. The number of esters is 1. The Kier molecular flexibility index (Phi) is 5.10. The average molecular weight is 280 g/mol. The Hall–Kier alpha value is -2.08. The van der Waals surface area contributed by atoms with Crippen LogP contribution in [0.4, 0.5) is 10.5 Å². The van der Waals surface area contributed by atoms with Crippen molar-refractivity contribution in [3.05, 3.63) is 29.3 Å². The van der Waals surface area contributed by atoms with Crippen LogP contribution >= 0.6 is 0 Å². The smallest absolute Gasteiger partial charge is 0.337 e. The summed E-state index contributed by atoms with van der Waals surface area (Å²) in [5, 5.41) is 14.4. The molecule has 0 saturated heterocycles. The molecule has 0 heterocycles. The first-order chi connectivity index (χ1) is 9.29. The van der Waals surface area contributed by atoms with E-state index in [0.29, 0.717) is 11.3 Å². The zero-order valence-electron chi connectivity index (χ0n) is 12.1. The summed E-state index contributed by atoms with van der Waals surface area (Å²) in [4.78, 5) is 23.2. The summed E-state index contributed by atoms with van der Waals surface area (Å²) in [7, 11) is 1.31. The molecule has 110 valence electrons. The number of rotatable bonds is 4. The molecule has 0 radical (unpaired) electrons. The lowest BCUT2D eigenvalue weighted by Gasteiger charge is -2.23. The topological polar surface area (TPSA) is 87.7 Å². The first kappa shape index (κ1) is 16.0. The number of hydrogen-bond acceptors (Lipinski definition) is 4. The van der Waals surface area contributed by atoms with Gasteiger partial charge in [0.25, 0.3) is 0 Å². The van der Waals surface area contributed by atoms with Gasteiger partial charge in [-0.15, -0.1) is 0 Å². The second kappa shape index (κ2) is 6.38. The van der Waals surface area contributed by atoms with Crippen molar-refractivity contribution in [3.8, 4) is 0 Å². The van der Waals surface area contributed by atoms with Crippen molar-refractivity contribution in [2.24, 2.45) is 0 Å². The summed E-state index contributed by atoms with van der Waals surface area (Å²) >= 11 is 0. The van der Waals surface area contributed by atoms with E-state index in [9.17, 15) is 9.59 Å². The minimum absolute atomic E-state index is 0.166. The summed E-state index contributed by atoms with van der Waals surface area (Å²) in [6, 6.07) is 4.43. The molecule has 2 amide bonds. The van der Waals surface area contributed by atoms with Gasteiger partial charge in [-0.1, -0.05) is 0 Å². The monoisotopic (exact) mass is 280 g/mol. The fraction of sp³-hybridized carbons (Fsp3) is 0.429. The number of amides is 2. The van der Waals surface area contributed by atoms with Crippen molar-refractivity contribution in [2.45, 2.75) is 26.3 Å². The van der Waals surface area contributed by atoms with E-state index in [4.69, 9.17) is 5.11 Å². The highest BCUT2D eigenvalue weighted by molar-refractivity contribution is 5.93. The largest absolute Gasteiger partial charge is 0.465 e. The first-order valence-electron chi connectivity index (χ1n) is 6.18. The van der Waals surface area contributed by atoms with Gasteiger partial charge in [-0.3, -0.25) is 0 Å². The lowest BCUT2D eigenvalue weighted by molar-refractivity contribution is 0.0600. The molecule has 0 aromatic heterocycles. The maximum atomic E-state index is 11.8. The van der Waals surface area contributed by atoms with Gasteiger partial charge in [0.05, 0.1) is 24.8 Å². The van der Waals surface area contributed by atoms with Crippen LogP contribution in [0.1, 0.15) is 29.8 Å². The van der Waals surface area contributed by atoms with Gasteiger partial charge in [0, 0.05) is 5.69 Å². The van der Waals surface area contributed by atoms with E-state index in [2.05, 4.69) is 15.4 Å². The fourth-order valence-corrected chi connectivity index (χ4v) is 1.55. The third-order valence-electron chi connectivity index (χ3n) is 2.74. The van der Waals surface area contributed by atoms with Crippen molar-refractivity contribution in [1.82, 2.24) is 5.32 Å². The Morgan fingerprint density at radius 2 is 2.00 bits per heavy atom. The van der Waals surface area contributed by atoms with Gasteiger partial charge in [0.1, 0.15) is 0 Å². The Balaban J connectivity index is 2.79. The lowest BCUT2D eigenvalue weighted by atomic mass is 10.1. The summed E-state index contributed by atoms with van der Waals surface area (Å²) < 4.78 is 4.63. The number of ether oxygens (including phenoxy) is 1. The van der Waals surface area contributed by atoms with E-state index in [1.165, 1.54) is 7.11 Å². The minimum atomic E-state index is -0.704. The highest BCUT2D eigenvalue weighted by Crippen LogP contribution is 2.17. The maximum absolute atomic E-state index is 11.8. The molecular formula is C14H20N2O4. The lowest BCUT2D eigenvalue weighted by Crippen LogP contribution is -2.48. The molecule has 1 rings (SSSR count). The molecule has 1 aromatic carbocycles. The van der Waals surface area contributed by atoms with Crippen LogP contribution in [0.25, 0.3) is 0 Å². The Morgan fingerprint density at radius 1 is 1.35 bits per heavy atom. The number of hydrogen-bond donors (Lipinski definition) is 3. The maximum Gasteiger partial charge on any atom is 0.337 e. The van der Waals surface area contributed by atoms with Gasteiger partial charge in [0.2, 0.25) is 0 Å². The minimum Gasteiger partial charge on any atom is -0.465 e. The second-order valence-electron chi connectivity index (χ2n) is 5.14. The van der Waals surface area contributed by atoms with E-state index >= 15 is 0 Å². The van der Waals surface area contributed by atoms with E-state index in [-0.39, 0.29) is 6.61 Å². The van der Waals surface area contributed by atoms with Gasteiger partial charge < -0.3 is 20.5 Å². The van der Waals surface area contributed by atoms with Gasteiger partial charge in [-0.05, 0) is 44.5 Å². The van der Waals surface area contributed by atoms with Crippen molar-refractivity contribution >= 4 is 17.7 Å². The van der Waals surface area contributed by atoms with Crippen molar-refractivity contribution in [3.63, 3.8) is 0 Å². The molecular weight excluding hydrogens is 260 g/mol. The summed E-state index contributed by atoms with van der Waals surface area (Å²) in [6.45, 7) is 5.03. The molecule has 0 fully saturated rings. The van der Waals surface area contributed by atoms with Gasteiger partial charge >= 0.3 is 12.0 Å². The molecule has 6 heteroatoms. The SMILES string of the molecule is COC(=O)c1ccc(NC(=O)NC(C)(C)CO)c(C)c1. The van der Waals surface area contributed by atoms with Crippen LogP contribution in [0.15, 0.2) is 18.2 Å². The number of nitrogens with one attached hydrogen (secondary N) is 2. The number of carbonyl (C=O) groups is 2. The van der Waals surface area contributed by atoms with Crippen LogP contribution in [0, 0.1) is 6.92 Å². The van der Waals surface area contributed by atoms with Gasteiger partial charge in [0.15, 0.2) is 0 Å². The van der Waals surface area contributed by atoms with Crippen LogP contribution in [-0.4, -0.2) is 36.4 Å². The van der Waals surface area contributed by atoms with Crippen molar-refractivity contribution in [2.75, 3.05) is 19.0 Å². The molecule has 0 atom stereocenters. The highest BCUT2D eigenvalue weighted by atomic mass is 16.5. The summed E-state index contributed by atoms with van der Waals surface area (Å²) in [5.41, 5.74) is 1.05. The third kappa shape index (κ3) is 4.24. The van der Waals surface area contributed by atoms with E-state index in [1.807, 2.05) is 0 Å².